The number of unbranched alkanes of at least 4 members (excludes halogenated alkanes) is 2. The number of hydrogen-bond donors (Lipinski definition) is 1. The number of hydrogen-bond acceptors (Lipinski definition) is 7. The molecule has 1 N–H and O–H groups in total. The number of nitriles is 1. The molecular formula is C32H45F2N3O4. The van der Waals surface area contributed by atoms with E-state index in [-0.39, 0.29) is 46.7 Å². The van der Waals surface area contributed by atoms with Crippen LogP contribution in [0.25, 0.3) is 0 Å². The van der Waals surface area contributed by atoms with Crippen molar-refractivity contribution in [3.05, 3.63) is 58.3 Å². The van der Waals surface area contributed by atoms with Gasteiger partial charge in [-0.05, 0) is 59.9 Å². The number of carbonyl (C=O) groups is 2. The van der Waals surface area contributed by atoms with Crippen molar-refractivity contribution in [1.29, 1.82) is 5.26 Å². The Morgan fingerprint density at radius 2 is 1.76 bits per heavy atom. The van der Waals surface area contributed by atoms with Crippen LogP contribution < -0.4 is 5.32 Å². The molecule has 0 bridgehead atoms. The smallest absolute Gasteiger partial charge is 0.340 e. The normalized spacial score (nSPS) is 13.1. The quantitative estimate of drug-likeness (QED) is 0.216. The highest BCUT2D eigenvalue weighted by atomic mass is 19.1. The van der Waals surface area contributed by atoms with E-state index in [0.29, 0.717) is 5.56 Å². The number of nitrogens with zero attached hydrogens (tertiary/aromatic N) is 2. The lowest BCUT2D eigenvalue weighted by Crippen LogP contribution is -2.30. The molecule has 0 fully saturated rings. The summed E-state index contributed by atoms with van der Waals surface area (Å²) < 4.78 is 41.0. The molecule has 0 radical (unpaired) electrons. The number of rotatable bonds is 11. The van der Waals surface area contributed by atoms with Crippen molar-refractivity contribution in [2.24, 2.45) is 0 Å². The second-order valence-corrected chi connectivity index (χ2v) is 11.1. The van der Waals surface area contributed by atoms with E-state index in [4.69, 9.17) is 9.47 Å². The minimum Gasteiger partial charge on any atom is -0.462 e. The van der Waals surface area contributed by atoms with Crippen molar-refractivity contribution in [3.8, 4) is 6.07 Å². The molecule has 1 aromatic heterocycles. The zero-order valence-corrected chi connectivity index (χ0v) is 25.9. The highest BCUT2D eigenvalue weighted by Gasteiger charge is 2.40. The van der Waals surface area contributed by atoms with E-state index in [0.717, 1.165) is 32.1 Å². The summed E-state index contributed by atoms with van der Waals surface area (Å²) >= 11 is 0. The standard InChI is InChI=1S/C26H33F2N3O2.C6H12O2/c1-6-9-10-13-18(7-2)31-24-23(28)21(19(15-30-24)25(32)33-8-3)26(5,16-29)20-14-11-12-17(4)22(20)27;1-5(7)8-6(2,3)4/h11-12,14-15,18H,6-10,13H2,1-5H3,(H,30,31);1-4H3. The number of benzene rings is 1. The van der Waals surface area contributed by atoms with Crippen LogP contribution in [0.15, 0.2) is 24.4 Å². The fourth-order valence-electron chi connectivity index (χ4n) is 4.37. The molecule has 9 heteroatoms. The Morgan fingerprint density at radius 1 is 1.10 bits per heavy atom. The summed E-state index contributed by atoms with van der Waals surface area (Å²) in [6.07, 6.45) is 5.93. The monoisotopic (exact) mass is 573 g/mol. The van der Waals surface area contributed by atoms with E-state index in [2.05, 4.69) is 23.3 Å². The molecule has 1 aromatic carbocycles. The fraction of sp³-hybridized carbons (Fsp3) is 0.562. The van der Waals surface area contributed by atoms with Gasteiger partial charge in [0.15, 0.2) is 11.6 Å². The van der Waals surface area contributed by atoms with Gasteiger partial charge in [0.25, 0.3) is 0 Å². The van der Waals surface area contributed by atoms with E-state index >= 15 is 8.78 Å². The molecule has 0 aliphatic heterocycles. The molecule has 0 aliphatic rings. The number of aryl methyl sites for hydroxylation is 1. The maximum absolute atomic E-state index is 16.0. The summed E-state index contributed by atoms with van der Waals surface area (Å²) in [7, 11) is 0. The largest absolute Gasteiger partial charge is 0.462 e. The van der Waals surface area contributed by atoms with Crippen LogP contribution in [0.3, 0.4) is 0 Å². The lowest BCUT2D eigenvalue weighted by Gasteiger charge is -2.28. The third-order valence-electron chi connectivity index (χ3n) is 6.41. The fourth-order valence-corrected chi connectivity index (χ4v) is 4.37. The Balaban J connectivity index is 0.000000915. The minimum atomic E-state index is -1.79. The van der Waals surface area contributed by atoms with Gasteiger partial charge in [-0.3, -0.25) is 4.79 Å². The van der Waals surface area contributed by atoms with Crippen LogP contribution in [-0.4, -0.2) is 35.2 Å². The number of anilines is 1. The number of pyridine rings is 1. The third kappa shape index (κ3) is 10.1. The number of nitrogens with one attached hydrogen (secondary N) is 1. The summed E-state index contributed by atoms with van der Waals surface area (Å²) in [6.45, 7) is 15.7. The zero-order chi connectivity index (χ0) is 31.4. The van der Waals surface area contributed by atoms with Crippen LogP contribution in [0.2, 0.25) is 0 Å². The lowest BCUT2D eigenvalue weighted by atomic mass is 9.75. The Hall–Kier alpha value is -3.54. The van der Waals surface area contributed by atoms with Crippen LogP contribution in [0.4, 0.5) is 14.6 Å². The highest BCUT2D eigenvalue weighted by Crippen LogP contribution is 2.39. The first-order valence-corrected chi connectivity index (χ1v) is 14.2. The Bertz CT molecular complexity index is 1220. The van der Waals surface area contributed by atoms with Gasteiger partial charge in [-0.25, -0.2) is 18.6 Å². The maximum Gasteiger partial charge on any atom is 0.340 e. The van der Waals surface area contributed by atoms with Crippen molar-refractivity contribution in [1.82, 2.24) is 4.98 Å². The summed E-state index contributed by atoms with van der Waals surface area (Å²) in [5, 5.41) is 13.3. The highest BCUT2D eigenvalue weighted by molar-refractivity contribution is 5.92. The molecule has 2 atom stereocenters. The van der Waals surface area contributed by atoms with Gasteiger partial charge in [0.05, 0.1) is 18.2 Å². The summed E-state index contributed by atoms with van der Waals surface area (Å²) in [5.74, 6) is -2.56. The minimum absolute atomic E-state index is 0.0124. The van der Waals surface area contributed by atoms with Crippen LogP contribution >= 0.6 is 0 Å². The average Bonchev–Trinajstić information content (AvgIpc) is 2.89. The molecule has 2 aromatic rings. The summed E-state index contributed by atoms with van der Waals surface area (Å²) in [5.41, 5.74) is -2.24. The van der Waals surface area contributed by atoms with Gasteiger partial charge in [-0.2, -0.15) is 5.26 Å². The molecule has 41 heavy (non-hydrogen) atoms. The van der Waals surface area contributed by atoms with Crippen LogP contribution in [0.5, 0.6) is 0 Å². The van der Waals surface area contributed by atoms with Gasteiger partial charge in [0, 0.05) is 30.3 Å². The summed E-state index contributed by atoms with van der Waals surface area (Å²) in [4.78, 5) is 27.1. The summed E-state index contributed by atoms with van der Waals surface area (Å²) in [6, 6.07) is 6.64. The van der Waals surface area contributed by atoms with Crippen LogP contribution in [0.1, 0.15) is 115 Å². The predicted octanol–water partition coefficient (Wildman–Crippen LogP) is 7.79. The van der Waals surface area contributed by atoms with E-state index in [1.165, 1.54) is 26.1 Å². The molecule has 0 saturated heterocycles. The number of esters is 2. The van der Waals surface area contributed by atoms with Gasteiger partial charge >= 0.3 is 11.9 Å². The van der Waals surface area contributed by atoms with Crippen LogP contribution in [0, 0.1) is 29.9 Å². The number of ether oxygens (including phenoxy) is 2. The van der Waals surface area contributed by atoms with Gasteiger partial charge in [-0.15, -0.1) is 0 Å². The molecule has 1 heterocycles. The molecule has 0 amide bonds. The predicted molar refractivity (Wildman–Crippen MR) is 157 cm³/mol. The van der Waals surface area contributed by atoms with Crippen molar-refractivity contribution in [2.75, 3.05) is 11.9 Å². The molecule has 0 aliphatic carbocycles. The molecule has 0 saturated carbocycles. The Morgan fingerprint density at radius 3 is 2.24 bits per heavy atom. The van der Waals surface area contributed by atoms with Gasteiger partial charge in [-0.1, -0.05) is 51.3 Å². The maximum atomic E-state index is 16.0. The van der Waals surface area contributed by atoms with Gasteiger partial charge in [0.2, 0.25) is 0 Å². The SMILES string of the molecule is CC(=O)OC(C)(C)C.CCCCCC(CC)Nc1ncc(C(=O)OCC)c(C(C)(C#N)c2cccc(C)c2F)c1F. The van der Waals surface area contributed by atoms with Crippen molar-refractivity contribution in [2.45, 2.75) is 111 Å². The number of aromatic nitrogens is 1. The van der Waals surface area contributed by atoms with Crippen LogP contribution in [-0.2, 0) is 19.7 Å². The third-order valence-corrected chi connectivity index (χ3v) is 6.41. The van der Waals surface area contributed by atoms with Crippen molar-refractivity contribution in [3.63, 3.8) is 0 Å². The zero-order valence-electron chi connectivity index (χ0n) is 25.9. The molecular weight excluding hydrogens is 528 g/mol. The molecule has 2 unspecified atom stereocenters. The Kier molecular flexibility index (Phi) is 13.9. The van der Waals surface area contributed by atoms with Crippen molar-refractivity contribution >= 4 is 17.8 Å². The number of halogens is 2. The van der Waals surface area contributed by atoms with Crippen molar-refractivity contribution < 1.29 is 27.8 Å². The second-order valence-electron chi connectivity index (χ2n) is 11.1. The van der Waals surface area contributed by atoms with Gasteiger partial charge in [0.1, 0.15) is 16.8 Å². The first-order valence-electron chi connectivity index (χ1n) is 14.2. The molecule has 226 valence electrons. The first-order chi connectivity index (χ1) is 19.2. The number of carbonyl (C=O) groups excluding carboxylic acids is 2. The topological polar surface area (TPSA) is 101 Å². The van der Waals surface area contributed by atoms with E-state index in [1.54, 1.807) is 26.0 Å². The lowest BCUT2D eigenvalue weighted by molar-refractivity contribution is -0.151. The average molecular weight is 574 g/mol. The van der Waals surface area contributed by atoms with Gasteiger partial charge < -0.3 is 14.8 Å². The Labute approximate surface area is 243 Å². The van der Waals surface area contributed by atoms with E-state index < -0.39 is 23.0 Å². The molecule has 2 rings (SSSR count). The molecule has 0 spiro atoms. The van der Waals surface area contributed by atoms with E-state index in [1.807, 2.05) is 27.7 Å². The molecule has 7 nitrogen and oxygen atoms in total. The van der Waals surface area contributed by atoms with E-state index in [9.17, 15) is 14.9 Å². The first kappa shape index (κ1) is 35.5. The second kappa shape index (κ2) is 16.0.